The minimum Gasteiger partial charge on any atom is -0.478 e. The third kappa shape index (κ3) is 4.14. The number of pyridine rings is 1. The number of ether oxygens (including phenoxy) is 2. The number of amides is 1. The molecule has 1 saturated heterocycles. The van der Waals surface area contributed by atoms with Gasteiger partial charge in [0.05, 0.1) is 19.8 Å². The summed E-state index contributed by atoms with van der Waals surface area (Å²) in [6.45, 7) is 5.90. The fourth-order valence-corrected chi connectivity index (χ4v) is 2.74. The van der Waals surface area contributed by atoms with E-state index in [1.165, 1.54) is 0 Å². The second-order valence-electron chi connectivity index (χ2n) is 5.82. The quantitative estimate of drug-likeness (QED) is 0.857. The Bertz CT molecular complexity index is 718. The van der Waals surface area contributed by atoms with Crippen molar-refractivity contribution in [3.8, 4) is 5.88 Å². The molecule has 2 aromatic heterocycles. The lowest BCUT2D eigenvalue weighted by atomic mass is 10.2. The molecule has 8 nitrogen and oxygen atoms in total. The second kappa shape index (κ2) is 8.06. The first kappa shape index (κ1) is 17.3. The molecule has 8 heteroatoms. The van der Waals surface area contributed by atoms with Gasteiger partial charge in [-0.2, -0.15) is 5.10 Å². The van der Waals surface area contributed by atoms with Crippen molar-refractivity contribution in [1.29, 1.82) is 0 Å². The summed E-state index contributed by atoms with van der Waals surface area (Å²) in [6, 6.07) is 3.37. The van der Waals surface area contributed by atoms with Crippen LogP contribution in [-0.2, 0) is 11.2 Å². The summed E-state index contributed by atoms with van der Waals surface area (Å²) in [7, 11) is 0. The van der Waals surface area contributed by atoms with E-state index in [0.29, 0.717) is 43.6 Å². The van der Waals surface area contributed by atoms with E-state index in [1.54, 1.807) is 23.2 Å². The molecule has 0 spiro atoms. The Kier molecular flexibility index (Phi) is 5.60. The number of nitrogens with one attached hydrogen (secondary N) is 1. The van der Waals surface area contributed by atoms with Crippen molar-refractivity contribution >= 4 is 5.91 Å². The number of carbonyl (C=O) groups excluding carboxylic acids is 1. The molecule has 1 atom stereocenters. The van der Waals surface area contributed by atoms with E-state index in [1.807, 2.05) is 6.92 Å². The average Bonchev–Trinajstić information content (AvgIpc) is 3.11. The SMILES string of the molecule is CCCc1nc([C@H]2CN(C(=O)c3ccnc(OCC)c3)CCO2)n[nH]1. The average molecular weight is 345 g/mol. The topological polar surface area (TPSA) is 93.2 Å². The molecule has 3 heterocycles. The molecule has 0 unspecified atom stereocenters. The molecule has 0 radical (unpaired) electrons. The van der Waals surface area contributed by atoms with Gasteiger partial charge in [-0.05, 0) is 19.4 Å². The maximum atomic E-state index is 12.8. The first-order valence-corrected chi connectivity index (χ1v) is 8.62. The molecule has 2 aromatic rings. The molecular weight excluding hydrogens is 322 g/mol. The van der Waals surface area contributed by atoms with Gasteiger partial charge in [-0.15, -0.1) is 0 Å². The predicted molar refractivity (Wildman–Crippen MR) is 90.4 cm³/mol. The highest BCUT2D eigenvalue weighted by molar-refractivity contribution is 5.94. The number of rotatable bonds is 6. The molecule has 0 saturated carbocycles. The highest BCUT2D eigenvalue weighted by Crippen LogP contribution is 2.21. The van der Waals surface area contributed by atoms with Gasteiger partial charge >= 0.3 is 0 Å². The number of H-pyrrole nitrogens is 1. The predicted octanol–water partition coefficient (Wildman–Crippen LogP) is 1.76. The second-order valence-corrected chi connectivity index (χ2v) is 5.82. The minimum absolute atomic E-state index is 0.0685. The molecule has 1 aliphatic rings. The third-order valence-corrected chi connectivity index (χ3v) is 3.95. The Morgan fingerprint density at radius 1 is 1.48 bits per heavy atom. The van der Waals surface area contributed by atoms with Gasteiger partial charge in [0, 0.05) is 30.8 Å². The number of aromatic amines is 1. The lowest BCUT2D eigenvalue weighted by Gasteiger charge is -2.31. The van der Waals surface area contributed by atoms with Crippen LogP contribution < -0.4 is 4.74 Å². The number of nitrogens with zero attached hydrogens (tertiary/aromatic N) is 4. The number of aryl methyl sites for hydroxylation is 1. The number of morpholine rings is 1. The van der Waals surface area contributed by atoms with E-state index in [2.05, 4.69) is 27.1 Å². The van der Waals surface area contributed by atoms with Crippen molar-refractivity contribution < 1.29 is 14.3 Å². The van der Waals surface area contributed by atoms with Crippen LogP contribution in [0.25, 0.3) is 0 Å². The highest BCUT2D eigenvalue weighted by atomic mass is 16.5. The van der Waals surface area contributed by atoms with Crippen LogP contribution in [0.1, 0.15) is 48.4 Å². The fourth-order valence-electron chi connectivity index (χ4n) is 2.74. The van der Waals surface area contributed by atoms with Crippen molar-refractivity contribution in [1.82, 2.24) is 25.1 Å². The summed E-state index contributed by atoms with van der Waals surface area (Å²) >= 11 is 0. The van der Waals surface area contributed by atoms with Crippen LogP contribution in [0.2, 0.25) is 0 Å². The smallest absolute Gasteiger partial charge is 0.254 e. The van der Waals surface area contributed by atoms with E-state index in [0.717, 1.165) is 18.7 Å². The van der Waals surface area contributed by atoms with Gasteiger partial charge in [0.25, 0.3) is 5.91 Å². The molecule has 1 aliphatic heterocycles. The van der Waals surface area contributed by atoms with Crippen molar-refractivity contribution in [3.63, 3.8) is 0 Å². The monoisotopic (exact) mass is 345 g/mol. The zero-order valence-corrected chi connectivity index (χ0v) is 14.6. The largest absolute Gasteiger partial charge is 0.478 e. The normalized spacial score (nSPS) is 17.5. The van der Waals surface area contributed by atoms with Gasteiger partial charge in [0.1, 0.15) is 11.9 Å². The van der Waals surface area contributed by atoms with Crippen molar-refractivity contribution in [2.75, 3.05) is 26.3 Å². The molecule has 134 valence electrons. The fraction of sp³-hybridized carbons (Fsp3) is 0.529. The van der Waals surface area contributed by atoms with Gasteiger partial charge in [0.2, 0.25) is 5.88 Å². The third-order valence-electron chi connectivity index (χ3n) is 3.95. The molecule has 3 rings (SSSR count). The zero-order chi connectivity index (χ0) is 17.6. The van der Waals surface area contributed by atoms with Crippen LogP contribution in [0.4, 0.5) is 0 Å². The van der Waals surface area contributed by atoms with Crippen LogP contribution in [0.5, 0.6) is 5.88 Å². The van der Waals surface area contributed by atoms with Crippen LogP contribution in [-0.4, -0.2) is 57.3 Å². The van der Waals surface area contributed by atoms with Crippen molar-refractivity contribution in [3.05, 3.63) is 35.5 Å². The lowest BCUT2D eigenvalue weighted by molar-refractivity contribution is -0.0266. The molecule has 25 heavy (non-hydrogen) atoms. The maximum Gasteiger partial charge on any atom is 0.254 e. The molecule has 0 bridgehead atoms. The Morgan fingerprint density at radius 2 is 2.36 bits per heavy atom. The van der Waals surface area contributed by atoms with E-state index in [4.69, 9.17) is 9.47 Å². The molecule has 1 fully saturated rings. The summed E-state index contributed by atoms with van der Waals surface area (Å²) in [5, 5.41) is 7.17. The van der Waals surface area contributed by atoms with E-state index in [9.17, 15) is 4.79 Å². The molecule has 1 N–H and O–H groups in total. The van der Waals surface area contributed by atoms with E-state index < -0.39 is 0 Å². The van der Waals surface area contributed by atoms with E-state index >= 15 is 0 Å². The Labute approximate surface area is 146 Å². The Hall–Kier alpha value is -2.48. The highest BCUT2D eigenvalue weighted by Gasteiger charge is 2.28. The van der Waals surface area contributed by atoms with Gasteiger partial charge < -0.3 is 14.4 Å². The van der Waals surface area contributed by atoms with Gasteiger partial charge in [-0.25, -0.2) is 9.97 Å². The summed E-state index contributed by atoms with van der Waals surface area (Å²) in [5.74, 6) is 1.84. The summed E-state index contributed by atoms with van der Waals surface area (Å²) < 4.78 is 11.1. The summed E-state index contributed by atoms with van der Waals surface area (Å²) in [6.07, 6.45) is 3.12. The molecular formula is C17H23N5O3. The molecule has 0 aromatic carbocycles. The van der Waals surface area contributed by atoms with Crippen LogP contribution in [0.15, 0.2) is 18.3 Å². The summed E-state index contributed by atoms with van der Waals surface area (Å²) in [4.78, 5) is 23.1. The number of hydrogen-bond donors (Lipinski definition) is 1. The van der Waals surface area contributed by atoms with Gasteiger partial charge in [0.15, 0.2) is 5.82 Å². The van der Waals surface area contributed by atoms with Gasteiger partial charge in [-0.3, -0.25) is 9.89 Å². The number of carbonyl (C=O) groups is 1. The first-order chi connectivity index (χ1) is 12.2. The van der Waals surface area contributed by atoms with Crippen LogP contribution in [0, 0.1) is 0 Å². The number of hydrogen-bond acceptors (Lipinski definition) is 6. The Morgan fingerprint density at radius 3 is 3.16 bits per heavy atom. The lowest BCUT2D eigenvalue weighted by Crippen LogP contribution is -2.42. The van der Waals surface area contributed by atoms with Crippen LogP contribution >= 0.6 is 0 Å². The standard InChI is InChI=1S/C17H23N5O3/c1-3-5-14-19-16(21-20-14)13-11-22(8-9-25-13)17(23)12-6-7-18-15(10-12)24-4-2/h6-7,10,13H,3-5,8-9,11H2,1-2H3,(H,19,20,21)/t13-/m1/s1. The summed E-state index contributed by atoms with van der Waals surface area (Å²) in [5.41, 5.74) is 0.556. The van der Waals surface area contributed by atoms with Crippen LogP contribution in [0.3, 0.4) is 0 Å². The van der Waals surface area contributed by atoms with Crippen molar-refractivity contribution in [2.45, 2.75) is 32.8 Å². The van der Waals surface area contributed by atoms with Crippen molar-refractivity contribution in [2.24, 2.45) is 0 Å². The molecule has 1 amide bonds. The minimum atomic E-state index is -0.312. The number of aromatic nitrogens is 4. The maximum absolute atomic E-state index is 12.8. The zero-order valence-electron chi connectivity index (χ0n) is 14.6. The van der Waals surface area contributed by atoms with E-state index in [-0.39, 0.29) is 12.0 Å². The molecule has 0 aliphatic carbocycles. The first-order valence-electron chi connectivity index (χ1n) is 8.62. The van der Waals surface area contributed by atoms with Gasteiger partial charge in [-0.1, -0.05) is 6.92 Å². The Balaban J connectivity index is 1.69.